The standard InChI is InChI=1S/C23H26N6O6/c1-16(30)24-22(34-18-11-7-5-8-12-18)28(3)26-20(32)15-21(33)27-29(4)23(25-17(2)31)35-19-13-9-6-10-14-19/h5-14H,15H2,1-4H3,(H,26,32)(H,27,33). The van der Waals surface area contributed by atoms with Crippen molar-refractivity contribution < 1.29 is 28.7 Å². The highest BCUT2D eigenvalue weighted by Gasteiger charge is 2.19. The number of amides is 4. The molecule has 35 heavy (non-hydrogen) atoms. The van der Waals surface area contributed by atoms with Gasteiger partial charge in [-0.05, 0) is 24.3 Å². The predicted octanol–water partition coefficient (Wildman–Crippen LogP) is 1.27. The maximum absolute atomic E-state index is 12.4. The van der Waals surface area contributed by atoms with Gasteiger partial charge in [0.1, 0.15) is 17.9 Å². The molecule has 0 unspecified atom stereocenters. The predicted molar refractivity (Wildman–Crippen MR) is 127 cm³/mol. The summed E-state index contributed by atoms with van der Waals surface area (Å²) < 4.78 is 11.1. The highest BCUT2D eigenvalue weighted by Crippen LogP contribution is 2.11. The normalized spacial score (nSPS) is 11.2. The molecular formula is C23H26N6O6. The molecule has 0 saturated carbocycles. The SMILES string of the molecule is CC(=O)N=C(Oc1ccccc1)N(C)NC(=O)CC(=O)NN(C)C(=NC(C)=O)Oc1ccccc1. The lowest BCUT2D eigenvalue weighted by molar-refractivity contribution is -0.133. The van der Waals surface area contributed by atoms with Gasteiger partial charge >= 0.3 is 12.0 Å². The first-order chi connectivity index (χ1) is 16.6. The lowest BCUT2D eigenvalue weighted by Crippen LogP contribution is -2.49. The average Bonchev–Trinajstić information content (AvgIpc) is 2.78. The molecule has 0 bridgehead atoms. The Hall–Kier alpha value is -4.74. The van der Waals surface area contributed by atoms with Crippen LogP contribution >= 0.6 is 0 Å². The first kappa shape index (κ1) is 26.5. The van der Waals surface area contributed by atoms with Gasteiger partial charge in [-0.2, -0.15) is 9.98 Å². The zero-order chi connectivity index (χ0) is 25.8. The molecule has 0 aliphatic carbocycles. The van der Waals surface area contributed by atoms with Crippen molar-refractivity contribution in [2.75, 3.05) is 14.1 Å². The van der Waals surface area contributed by atoms with E-state index in [0.717, 1.165) is 10.0 Å². The summed E-state index contributed by atoms with van der Waals surface area (Å²) in [4.78, 5) is 55.2. The summed E-state index contributed by atoms with van der Waals surface area (Å²) in [5, 5.41) is 2.16. The number of amidine groups is 2. The molecule has 0 aromatic heterocycles. The maximum atomic E-state index is 12.4. The van der Waals surface area contributed by atoms with Crippen LogP contribution in [0.4, 0.5) is 0 Å². The fourth-order valence-electron chi connectivity index (χ4n) is 2.48. The largest absolute Gasteiger partial charge is 0.424 e. The summed E-state index contributed by atoms with van der Waals surface area (Å²) in [7, 11) is 2.80. The van der Waals surface area contributed by atoms with E-state index in [1.807, 2.05) is 0 Å². The summed E-state index contributed by atoms with van der Waals surface area (Å²) in [5.41, 5.74) is 4.80. The Balaban J connectivity index is 1.98. The molecule has 0 radical (unpaired) electrons. The van der Waals surface area contributed by atoms with Gasteiger partial charge in [0.15, 0.2) is 0 Å². The number of para-hydroxylation sites is 2. The number of carbonyl (C=O) groups excluding carboxylic acids is 4. The Morgan fingerprint density at radius 1 is 0.686 bits per heavy atom. The third-order valence-electron chi connectivity index (χ3n) is 3.89. The Kier molecular flexibility index (Phi) is 9.91. The Bertz CT molecular complexity index is 1020. The molecule has 2 aromatic carbocycles. The van der Waals surface area contributed by atoms with Gasteiger partial charge in [-0.1, -0.05) is 36.4 Å². The molecule has 2 aromatic rings. The number of carbonyl (C=O) groups is 4. The van der Waals surface area contributed by atoms with Crippen LogP contribution in [-0.4, -0.2) is 59.8 Å². The number of hydrogen-bond acceptors (Lipinski definition) is 6. The lowest BCUT2D eigenvalue weighted by atomic mass is 10.3. The zero-order valence-electron chi connectivity index (χ0n) is 19.7. The summed E-state index contributed by atoms with van der Waals surface area (Å²) in [6.07, 6.45) is -0.605. The van der Waals surface area contributed by atoms with Crippen molar-refractivity contribution in [2.45, 2.75) is 20.3 Å². The van der Waals surface area contributed by atoms with Crippen LogP contribution in [0.1, 0.15) is 20.3 Å². The van der Waals surface area contributed by atoms with Gasteiger partial charge in [0.25, 0.3) is 0 Å². The van der Waals surface area contributed by atoms with Crippen molar-refractivity contribution in [3.8, 4) is 11.5 Å². The number of nitrogens with zero attached hydrogens (tertiary/aromatic N) is 4. The van der Waals surface area contributed by atoms with Gasteiger partial charge in [0, 0.05) is 27.9 Å². The van der Waals surface area contributed by atoms with E-state index in [0.29, 0.717) is 11.5 Å². The van der Waals surface area contributed by atoms with Crippen molar-refractivity contribution in [2.24, 2.45) is 9.98 Å². The number of rotatable bonds is 4. The average molecular weight is 482 g/mol. The third kappa shape index (κ3) is 9.74. The van der Waals surface area contributed by atoms with Crippen LogP contribution in [0, 0.1) is 0 Å². The zero-order valence-corrected chi connectivity index (χ0v) is 19.7. The number of hydrazine groups is 2. The highest BCUT2D eigenvalue weighted by atomic mass is 16.5. The van der Waals surface area contributed by atoms with Crippen LogP contribution in [0.25, 0.3) is 0 Å². The van der Waals surface area contributed by atoms with Gasteiger partial charge in [0.2, 0.25) is 23.6 Å². The minimum Gasteiger partial charge on any atom is -0.424 e. The van der Waals surface area contributed by atoms with Crippen molar-refractivity contribution in [3.05, 3.63) is 60.7 Å². The quantitative estimate of drug-likeness (QED) is 0.287. The van der Waals surface area contributed by atoms with Gasteiger partial charge in [-0.15, -0.1) is 0 Å². The maximum Gasteiger partial charge on any atom is 0.319 e. The molecule has 184 valence electrons. The van der Waals surface area contributed by atoms with E-state index in [4.69, 9.17) is 9.47 Å². The summed E-state index contributed by atoms with van der Waals surface area (Å²) in [6, 6.07) is 16.7. The second-order valence-corrected chi connectivity index (χ2v) is 7.02. The molecule has 0 heterocycles. The van der Waals surface area contributed by atoms with Crippen LogP contribution in [-0.2, 0) is 19.2 Å². The number of ether oxygens (including phenoxy) is 2. The first-order valence-electron chi connectivity index (χ1n) is 10.3. The second-order valence-electron chi connectivity index (χ2n) is 7.02. The summed E-state index contributed by atoms with van der Waals surface area (Å²) in [5.74, 6) is -1.76. The third-order valence-corrected chi connectivity index (χ3v) is 3.89. The minimum absolute atomic E-state index is 0.193. The van der Waals surface area contributed by atoms with E-state index in [-0.39, 0.29) is 12.0 Å². The molecule has 2 N–H and O–H groups in total. The van der Waals surface area contributed by atoms with Gasteiger partial charge < -0.3 is 9.47 Å². The molecule has 0 saturated heterocycles. The van der Waals surface area contributed by atoms with Crippen molar-refractivity contribution in [1.29, 1.82) is 0 Å². The van der Waals surface area contributed by atoms with Gasteiger partial charge in [0.05, 0.1) is 0 Å². The smallest absolute Gasteiger partial charge is 0.319 e. The second kappa shape index (κ2) is 13.1. The highest BCUT2D eigenvalue weighted by molar-refractivity contribution is 5.99. The van der Waals surface area contributed by atoms with Crippen LogP contribution in [0.2, 0.25) is 0 Å². The van der Waals surface area contributed by atoms with E-state index < -0.39 is 30.0 Å². The van der Waals surface area contributed by atoms with Crippen LogP contribution < -0.4 is 20.3 Å². The van der Waals surface area contributed by atoms with E-state index >= 15 is 0 Å². The molecule has 0 atom stereocenters. The van der Waals surface area contributed by atoms with E-state index in [1.165, 1.54) is 27.9 Å². The molecule has 12 heteroatoms. The number of nitrogens with one attached hydrogen (secondary N) is 2. The molecule has 0 spiro atoms. The summed E-state index contributed by atoms with van der Waals surface area (Å²) >= 11 is 0. The Morgan fingerprint density at radius 2 is 1.03 bits per heavy atom. The monoisotopic (exact) mass is 482 g/mol. The van der Waals surface area contributed by atoms with E-state index in [2.05, 4.69) is 20.8 Å². The Morgan fingerprint density at radius 3 is 1.34 bits per heavy atom. The summed E-state index contributed by atoms with van der Waals surface area (Å²) in [6.45, 7) is 2.45. The fourth-order valence-corrected chi connectivity index (χ4v) is 2.48. The topological polar surface area (TPSA) is 142 Å². The molecule has 12 nitrogen and oxygen atoms in total. The van der Waals surface area contributed by atoms with E-state index in [9.17, 15) is 19.2 Å². The Labute approximate surface area is 202 Å². The number of hydrogen-bond donors (Lipinski definition) is 2. The van der Waals surface area contributed by atoms with Gasteiger partial charge in [-0.25, -0.2) is 10.0 Å². The minimum atomic E-state index is -0.722. The van der Waals surface area contributed by atoms with Crippen LogP contribution in [0.5, 0.6) is 11.5 Å². The number of aliphatic imine (C=N–C) groups is 2. The van der Waals surface area contributed by atoms with Crippen LogP contribution in [0.15, 0.2) is 70.6 Å². The van der Waals surface area contributed by atoms with Crippen molar-refractivity contribution >= 4 is 35.7 Å². The number of benzene rings is 2. The van der Waals surface area contributed by atoms with Crippen molar-refractivity contribution in [1.82, 2.24) is 20.9 Å². The molecule has 0 aliphatic heterocycles. The van der Waals surface area contributed by atoms with Crippen LogP contribution in [0.3, 0.4) is 0 Å². The molecule has 0 aliphatic rings. The fraction of sp³-hybridized carbons (Fsp3) is 0.217. The molecule has 2 rings (SSSR count). The first-order valence-corrected chi connectivity index (χ1v) is 10.3. The van der Waals surface area contributed by atoms with Gasteiger partial charge in [-0.3, -0.25) is 30.0 Å². The van der Waals surface area contributed by atoms with E-state index in [1.54, 1.807) is 60.7 Å². The molecule has 0 fully saturated rings. The lowest BCUT2D eigenvalue weighted by Gasteiger charge is -2.23. The molecule has 4 amide bonds. The molecular weight excluding hydrogens is 456 g/mol. The van der Waals surface area contributed by atoms with Crippen molar-refractivity contribution in [3.63, 3.8) is 0 Å².